The van der Waals surface area contributed by atoms with Crippen molar-refractivity contribution in [2.45, 2.75) is 16.3 Å². The summed E-state index contributed by atoms with van der Waals surface area (Å²) in [6.07, 6.45) is 1.93. The van der Waals surface area contributed by atoms with Gasteiger partial charge >= 0.3 is 0 Å². The first-order chi connectivity index (χ1) is 11.8. The number of hydrogen-bond acceptors (Lipinski definition) is 5. The van der Waals surface area contributed by atoms with Gasteiger partial charge in [0.05, 0.1) is 17.6 Å². The van der Waals surface area contributed by atoms with Crippen molar-refractivity contribution >= 4 is 21.8 Å². The van der Waals surface area contributed by atoms with E-state index in [1.54, 1.807) is 19.2 Å². The molecular weight excluding hydrogens is 363 g/mol. The third kappa shape index (κ3) is 4.12. The normalized spacial score (nSPS) is 11.4. The van der Waals surface area contributed by atoms with E-state index in [0.29, 0.717) is 5.75 Å². The summed E-state index contributed by atoms with van der Waals surface area (Å²) in [6.45, 7) is 0.118. The Hall–Kier alpha value is -2.08. The second-order valence-electron chi connectivity index (χ2n) is 5.20. The SMILES string of the molecule is COc1cc(CN(C)S(=O)(=O)c2ccc(F)c(C#N)c2)ccc1SC. The van der Waals surface area contributed by atoms with Gasteiger partial charge in [-0.15, -0.1) is 11.8 Å². The summed E-state index contributed by atoms with van der Waals surface area (Å²) >= 11 is 1.53. The molecule has 2 aromatic rings. The van der Waals surface area contributed by atoms with Crippen LogP contribution >= 0.6 is 11.8 Å². The maximum Gasteiger partial charge on any atom is 0.243 e. The molecule has 2 rings (SSSR count). The summed E-state index contributed by atoms with van der Waals surface area (Å²) < 4.78 is 45.2. The zero-order chi connectivity index (χ0) is 18.6. The molecule has 0 spiro atoms. The van der Waals surface area contributed by atoms with Crippen LogP contribution in [0.3, 0.4) is 0 Å². The molecule has 0 fully saturated rings. The van der Waals surface area contributed by atoms with E-state index in [-0.39, 0.29) is 17.0 Å². The van der Waals surface area contributed by atoms with E-state index < -0.39 is 15.8 Å². The number of hydrogen-bond donors (Lipinski definition) is 0. The van der Waals surface area contributed by atoms with E-state index in [2.05, 4.69) is 0 Å². The number of rotatable bonds is 6. The van der Waals surface area contributed by atoms with Gasteiger partial charge in [0.25, 0.3) is 0 Å². The van der Waals surface area contributed by atoms with E-state index in [1.165, 1.54) is 18.8 Å². The highest BCUT2D eigenvalue weighted by Crippen LogP contribution is 2.29. The van der Waals surface area contributed by atoms with Gasteiger partial charge in [0.15, 0.2) is 0 Å². The van der Waals surface area contributed by atoms with Crippen molar-refractivity contribution in [2.75, 3.05) is 20.4 Å². The van der Waals surface area contributed by atoms with Crippen molar-refractivity contribution in [3.8, 4) is 11.8 Å². The summed E-state index contributed by atoms with van der Waals surface area (Å²) in [6, 6.07) is 10.3. The van der Waals surface area contributed by atoms with Gasteiger partial charge in [-0.3, -0.25) is 0 Å². The summed E-state index contributed by atoms with van der Waals surface area (Å²) in [4.78, 5) is 0.828. The highest BCUT2D eigenvalue weighted by atomic mass is 32.2. The van der Waals surface area contributed by atoms with Crippen LogP contribution in [0, 0.1) is 17.1 Å². The van der Waals surface area contributed by atoms with Crippen molar-refractivity contribution in [2.24, 2.45) is 0 Å². The number of nitrogens with zero attached hydrogens (tertiary/aromatic N) is 2. The van der Waals surface area contributed by atoms with Crippen LogP contribution in [0.25, 0.3) is 0 Å². The van der Waals surface area contributed by atoms with Crippen LogP contribution in [-0.4, -0.2) is 33.1 Å². The third-order valence-electron chi connectivity index (χ3n) is 3.62. The molecule has 0 saturated carbocycles. The van der Waals surface area contributed by atoms with Crippen molar-refractivity contribution < 1.29 is 17.5 Å². The van der Waals surface area contributed by atoms with Gasteiger partial charge in [0.2, 0.25) is 10.0 Å². The molecule has 0 bridgehead atoms. The maximum atomic E-state index is 13.4. The molecule has 0 unspecified atom stereocenters. The lowest BCUT2D eigenvalue weighted by Crippen LogP contribution is -2.26. The molecule has 0 radical (unpaired) electrons. The number of halogens is 1. The van der Waals surface area contributed by atoms with E-state index in [0.717, 1.165) is 33.0 Å². The fourth-order valence-electron chi connectivity index (χ4n) is 2.25. The standard InChI is InChI=1S/C17H17FN2O3S2/c1-20(11-12-4-7-17(24-3)16(8-12)23-2)25(21,22)14-5-6-15(18)13(9-14)10-19/h4-9H,11H2,1-3H3. The quantitative estimate of drug-likeness (QED) is 0.720. The number of ether oxygens (including phenoxy) is 1. The van der Waals surface area contributed by atoms with Gasteiger partial charge in [-0.2, -0.15) is 9.57 Å². The van der Waals surface area contributed by atoms with Crippen LogP contribution in [0.4, 0.5) is 4.39 Å². The lowest BCUT2D eigenvalue weighted by Gasteiger charge is -2.18. The molecule has 2 aromatic carbocycles. The molecule has 0 N–H and O–H groups in total. The van der Waals surface area contributed by atoms with Crippen LogP contribution in [0.15, 0.2) is 46.2 Å². The van der Waals surface area contributed by atoms with Crippen molar-refractivity contribution in [1.29, 1.82) is 5.26 Å². The Kier molecular flexibility index (Phi) is 6.06. The Bertz CT molecular complexity index is 924. The molecule has 0 aliphatic carbocycles. The zero-order valence-corrected chi connectivity index (χ0v) is 15.6. The Morgan fingerprint density at radius 3 is 2.60 bits per heavy atom. The smallest absolute Gasteiger partial charge is 0.243 e. The zero-order valence-electron chi connectivity index (χ0n) is 14.0. The van der Waals surface area contributed by atoms with E-state index in [4.69, 9.17) is 10.00 Å². The monoisotopic (exact) mass is 380 g/mol. The highest BCUT2D eigenvalue weighted by Gasteiger charge is 2.22. The fraction of sp³-hybridized carbons (Fsp3) is 0.235. The predicted molar refractivity (Wildman–Crippen MR) is 94.5 cm³/mol. The van der Waals surface area contributed by atoms with Crippen molar-refractivity contribution in [3.63, 3.8) is 0 Å². The minimum absolute atomic E-state index is 0.118. The molecule has 0 saturated heterocycles. The summed E-state index contributed by atoms with van der Waals surface area (Å²) in [7, 11) is -0.865. The Labute approximate surface area is 151 Å². The average Bonchev–Trinajstić information content (AvgIpc) is 2.61. The third-order valence-corrected chi connectivity index (χ3v) is 6.20. The Balaban J connectivity index is 2.31. The molecule has 0 aromatic heterocycles. The van der Waals surface area contributed by atoms with Gasteiger partial charge in [0.1, 0.15) is 17.6 Å². The Morgan fingerprint density at radius 1 is 1.28 bits per heavy atom. The first-order valence-corrected chi connectivity index (χ1v) is 9.87. The second-order valence-corrected chi connectivity index (χ2v) is 8.10. The van der Waals surface area contributed by atoms with Crippen LogP contribution in [0.2, 0.25) is 0 Å². The van der Waals surface area contributed by atoms with Gasteiger partial charge < -0.3 is 4.74 Å². The number of nitriles is 1. The summed E-state index contributed by atoms with van der Waals surface area (Å²) in [5.41, 5.74) is 0.448. The molecule has 5 nitrogen and oxygen atoms in total. The molecule has 0 atom stereocenters. The summed E-state index contributed by atoms with van der Waals surface area (Å²) in [5, 5.41) is 8.88. The largest absolute Gasteiger partial charge is 0.496 e. The minimum Gasteiger partial charge on any atom is -0.496 e. The van der Waals surface area contributed by atoms with Crippen LogP contribution in [0.1, 0.15) is 11.1 Å². The van der Waals surface area contributed by atoms with Gasteiger partial charge in [0, 0.05) is 18.5 Å². The van der Waals surface area contributed by atoms with Crippen LogP contribution < -0.4 is 4.74 Å². The van der Waals surface area contributed by atoms with E-state index >= 15 is 0 Å². The van der Waals surface area contributed by atoms with Crippen molar-refractivity contribution in [3.05, 3.63) is 53.3 Å². The number of methoxy groups -OCH3 is 1. The molecule has 0 heterocycles. The van der Waals surface area contributed by atoms with Crippen LogP contribution in [0.5, 0.6) is 5.75 Å². The Morgan fingerprint density at radius 2 is 2.00 bits per heavy atom. The van der Waals surface area contributed by atoms with Gasteiger partial charge in [-0.1, -0.05) is 6.07 Å². The molecule has 0 aliphatic rings. The van der Waals surface area contributed by atoms with E-state index in [9.17, 15) is 12.8 Å². The summed E-state index contributed by atoms with van der Waals surface area (Å²) in [5.74, 6) is -0.0779. The first kappa shape index (κ1) is 19.2. The lowest BCUT2D eigenvalue weighted by atomic mass is 10.2. The first-order valence-electron chi connectivity index (χ1n) is 7.20. The number of sulfonamides is 1. The fourth-order valence-corrected chi connectivity index (χ4v) is 3.98. The highest BCUT2D eigenvalue weighted by molar-refractivity contribution is 7.98. The second kappa shape index (κ2) is 7.87. The lowest BCUT2D eigenvalue weighted by molar-refractivity contribution is 0.402. The topological polar surface area (TPSA) is 70.4 Å². The molecule has 0 amide bonds. The maximum absolute atomic E-state index is 13.4. The molecule has 0 aliphatic heterocycles. The number of thioether (sulfide) groups is 1. The van der Waals surface area contributed by atoms with E-state index in [1.807, 2.05) is 18.4 Å². The van der Waals surface area contributed by atoms with Crippen LogP contribution in [-0.2, 0) is 16.6 Å². The molecule has 25 heavy (non-hydrogen) atoms. The average molecular weight is 380 g/mol. The van der Waals surface area contributed by atoms with Crippen molar-refractivity contribution in [1.82, 2.24) is 4.31 Å². The van der Waals surface area contributed by atoms with Gasteiger partial charge in [-0.25, -0.2) is 12.8 Å². The minimum atomic E-state index is -3.85. The molecular formula is C17H17FN2O3S2. The van der Waals surface area contributed by atoms with Gasteiger partial charge in [-0.05, 0) is 42.2 Å². The predicted octanol–water partition coefficient (Wildman–Crippen LogP) is 3.25. The number of benzene rings is 2. The molecule has 132 valence electrons. The molecule has 8 heteroatoms.